The molecule has 0 aliphatic rings. The van der Waals surface area contributed by atoms with Crippen molar-refractivity contribution in [2.75, 3.05) is 0 Å². The molecule has 1 atom stereocenters. The van der Waals surface area contributed by atoms with Gasteiger partial charge in [0.1, 0.15) is 11.9 Å². The molecule has 0 saturated carbocycles. The van der Waals surface area contributed by atoms with Crippen LogP contribution in [0.2, 0.25) is 0 Å². The number of halogens is 1. The minimum atomic E-state index is -0.896. The molecular formula is C12H14FN3O. The van der Waals surface area contributed by atoms with Gasteiger partial charge in [-0.1, -0.05) is 0 Å². The highest BCUT2D eigenvalue weighted by molar-refractivity contribution is 5.34. The summed E-state index contributed by atoms with van der Waals surface area (Å²) in [5, 5.41) is 14.5. The van der Waals surface area contributed by atoms with E-state index in [2.05, 4.69) is 10.1 Å². The van der Waals surface area contributed by atoms with Crippen LogP contribution in [0.25, 0.3) is 0 Å². The summed E-state index contributed by atoms with van der Waals surface area (Å²) < 4.78 is 14.8. The number of aliphatic hydroxyl groups is 1. The van der Waals surface area contributed by atoms with Gasteiger partial charge in [-0.2, -0.15) is 5.10 Å². The minimum Gasteiger partial charge on any atom is -0.383 e. The number of aromatic nitrogens is 3. The SMILES string of the molecule is Cc1nn(C)c(C)c1C(O)c1cncc(F)c1. The number of aliphatic hydroxyl groups excluding tert-OH is 1. The lowest BCUT2D eigenvalue weighted by molar-refractivity contribution is 0.217. The van der Waals surface area contributed by atoms with E-state index in [4.69, 9.17) is 0 Å². The van der Waals surface area contributed by atoms with Crippen LogP contribution in [0.3, 0.4) is 0 Å². The number of aryl methyl sites for hydroxylation is 2. The second kappa shape index (κ2) is 4.25. The quantitative estimate of drug-likeness (QED) is 0.861. The minimum absolute atomic E-state index is 0.434. The molecule has 2 aromatic heterocycles. The van der Waals surface area contributed by atoms with Crippen molar-refractivity contribution in [2.45, 2.75) is 20.0 Å². The lowest BCUT2D eigenvalue weighted by Crippen LogP contribution is -2.04. The zero-order valence-electron chi connectivity index (χ0n) is 9.98. The van der Waals surface area contributed by atoms with Crippen LogP contribution in [-0.4, -0.2) is 19.9 Å². The number of nitrogens with zero attached hydrogens (tertiary/aromatic N) is 3. The van der Waals surface area contributed by atoms with Crippen LogP contribution < -0.4 is 0 Å². The number of hydrogen-bond acceptors (Lipinski definition) is 3. The molecule has 0 aliphatic carbocycles. The molecule has 90 valence electrons. The Morgan fingerprint density at radius 3 is 2.59 bits per heavy atom. The predicted molar refractivity (Wildman–Crippen MR) is 60.9 cm³/mol. The van der Waals surface area contributed by atoms with Gasteiger partial charge in [0.2, 0.25) is 0 Å². The summed E-state index contributed by atoms with van der Waals surface area (Å²) in [6.07, 6.45) is 1.67. The van der Waals surface area contributed by atoms with E-state index in [-0.39, 0.29) is 0 Å². The Hall–Kier alpha value is -1.75. The van der Waals surface area contributed by atoms with Gasteiger partial charge in [-0.05, 0) is 19.9 Å². The van der Waals surface area contributed by atoms with Crippen molar-refractivity contribution in [3.63, 3.8) is 0 Å². The maximum absolute atomic E-state index is 13.1. The summed E-state index contributed by atoms with van der Waals surface area (Å²) in [5.74, 6) is -0.458. The highest BCUT2D eigenvalue weighted by Gasteiger charge is 2.20. The molecule has 1 N–H and O–H groups in total. The summed E-state index contributed by atoms with van der Waals surface area (Å²) >= 11 is 0. The van der Waals surface area contributed by atoms with Crippen LogP contribution in [0, 0.1) is 19.7 Å². The molecule has 0 spiro atoms. The average Bonchev–Trinajstić information content (AvgIpc) is 2.52. The van der Waals surface area contributed by atoms with Crippen molar-refractivity contribution < 1.29 is 9.50 Å². The van der Waals surface area contributed by atoms with Crippen LogP contribution in [-0.2, 0) is 7.05 Å². The molecule has 0 amide bonds. The Kier molecular flexibility index (Phi) is 2.93. The first-order valence-electron chi connectivity index (χ1n) is 5.29. The third-order valence-corrected chi connectivity index (χ3v) is 2.88. The van der Waals surface area contributed by atoms with Crippen molar-refractivity contribution in [1.29, 1.82) is 0 Å². The lowest BCUT2D eigenvalue weighted by atomic mass is 10.0. The van der Waals surface area contributed by atoms with Crippen LogP contribution in [0.5, 0.6) is 0 Å². The molecule has 17 heavy (non-hydrogen) atoms. The fourth-order valence-corrected chi connectivity index (χ4v) is 1.93. The number of pyridine rings is 1. The van der Waals surface area contributed by atoms with E-state index in [1.54, 1.807) is 4.68 Å². The van der Waals surface area contributed by atoms with Crippen molar-refractivity contribution >= 4 is 0 Å². The smallest absolute Gasteiger partial charge is 0.141 e. The zero-order valence-corrected chi connectivity index (χ0v) is 9.98. The molecule has 0 bridgehead atoms. The standard InChI is InChI=1S/C12H14FN3O/c1-7-11(8(2)16(3)15-7)12(17)9-4-10(13)6-14-5-9/h4-6,12,17H,1-3H3. The molecular weight excluding hydrogens is 221 g/mol. The van der Waals surface area contributed by atoms with E-state index in [0.29, 0.717) is 11.1 Å². The molecule has 4 nitrogen and oxygen atoms in total. The second-order valence-electron chi connectivity index (χ2n) is 4.05. The summed E-state index contributed by atoms with van der Waals surface area (Å²) in [4.78, 5) is 3.73. The molecule has 5 heteroatoms. The van der Waals surface area contributed by atoms with Gasteiger partial charge in [0, 0.05) is 30.1 Å². The first-order valence-corrected chi connectivity index (χ1v) is 5.29. The van der Waals surface area contributed by atoms with Crippen molar-refractivity contribution in [1.82, 2.24) is 14.8 Å². The Morgan fingerprint density at radius 1 is 1.35 bits per heavy atom. The van der Waals surface area contributed by atoms with Gasteiger partial charge >= 0.3 is 0 Å². The summed E-state index contributed by atoms with van der Waals surface area (Å²) in [6, 6.07) is 1.28. The molecule has 0 saturated heterocycles. The molecule has 0 aliphatic heterocycles. The zero-order chi connectivity index (χ0) is 12.6. The normalized spacial score (nSPS) is 12.8. The van der Waals surface area contributed by atoms with Gasteiger partial charge in [-0.25, -0.2) is 4.39 Å². The van der Waals surface area contributed by atoms with Crippen LogP contribution in [0.15, 0.2) is 18.5 Å². The van der Waals surface area contributed by atoms with E-state index in [1.807, 2.05) is 20.9 Å². The number of hydrogen-bond donors (Lipinski definition) is 1. The van der Waals surface area contributed by atoms with Gasteiger partial charge in [-0.15, -0.1) is 0 Å². The van der Waals surface area contributed by atoms with Gasteiger partial charge in [-0.3, -0.25) is 9.67 Å². The summed E-state index contributed by atoms with van der Waals surface area (Å²) in [6.45, 7) is 3.68. The van der Waals surface area contributed by atoms with Gasteiger partial charge < -0.3 is 5.11 Å². The Morgan fingerprint density at radius 2 is 2.06 bits per heavy atom. The van der Waals surface area contributed by atoms with Gasteiger partial charge in [0.15, 0.2) is 0 Å². The highest BCUT2D eigenvalue weighted by Crippen LogP contribution is 2.26. The maximum atomic E-state index is 13.1. The first kappa shape index (κ1) is 11.7. The van der Waals surface area contributed by atoms with Crippen molar-refractivity contribution in [2.24, 2.45) is 7.05 Å². The third-order valence-electron chi connectivity index (χ3n) is 2.88. The predicted octanol–water partition coefficient (Wildman–Crippen LogP) is 1.65. The van der Waals surface area contributed by atoms with E-state index in [0.717, 1.165) is 17.6 Å². The van der Waals surface area contributed by atoms with E-state index in [1.165, 1.54) is 12.3 Å². The topological polar surface area (TPSA) is 50.9 Å². The Bertz CT molecular complexity index is 551. The van der Waals surface area contributed by atoms with E-state index >= 15 is 0 Å². The van der Waals surface area contributed by atoms with Crippen LogP contribution >= 0.6 is 0 Å². The lowest BCUT2D eigenvalue weighted by Gasteiger charge is -2.11. The molecule has 0 aromatic carbocycles. The maximum Gasteiger partial charge on any atom is 0.141 e. The molecule has 2 aromatic rings. The van der Waals surface area contributed by atoms with Crippen LogP contribution in [0.4, 0.5) is 4.39 Å². The van der Waals surface area contributed by atoms with Gasteiger partial charge in [0.25, 0.3) is 0 Å². The fraction of sp³-hybridized carbons (Fsp3) is 0.333. The van der Waals surface area contributed by atoms with Crippen LogP contribution in [0.1, 0.15) is 28.6 Å². The largest absolute Gasteiger partial charge is 0.383 e. The van der Waals surface area contributed by atoms with Crippen molar-refractivity contribution in [3.05, 3.63) is 46.8 Å². The number of rotatable bonds is 2. The average molecular weight is 235 g/mol. The molecule has 0 radical (unpaired) electrons. The first-order chi connectivity index (χ1) is 8.00. The fourth-order valence-electron chi connectivity index (χ4n) is 1.93. The Labute approximate surface area is 98.7 Å². The van der Waals surface area contributed by atoms with Gasteiger partial charge in [0.05, 0.1) is 11.9 Å². The second-order valence-corrected chi connectivity index (χ2v) is 4.05. The Balaban J connectivity index is 2.47. The molecule has 0 fully saturated rings. The summed E-state index contributed by atoms with van der Waals surface area (Å²) in [7, 11) is 1.81. The molecule has 2 rings (SSSR count). The van der Waals surface area contributed by atoms with Crippen molar-refractivity contribution in [3.8, 4) is 0 Å². The third kappa shape index (κ3) is 2.06. The summed E-state index contributed by atoms with van der Waals surface area (Å²) in [5.41, 5.74) is 2.74. The van der Waals surface area contributed by atoms with E-state index < -0.39 is 11.9 Å². The highest BCUT2D eigenvalue weighted by atomic mass is 19.1. The molecule has 1 unspecified atom stereocenters. The monoisotopic (exact) mass is 235 g/mol. The molecule has 2 heterocycles. The van der Waals surface area contributed by atoms with E-state index in [9.17, 15) is 9.50 Å².